The van der Waals surface area contributed by atoms with E-state index in [1.54, 1.807) is 11.0 Å². The molecule has 0 aliphatic carbocycles. The summed E-state index contributed by atoms with van der Waals surface area (Å²) in [7, 11) is 0. The number of aromatic nitrogens is 1. The summed E-state index contributed by atoms with van der Waals surface area (Å²) in [6.07, 6.45) is 0.118. The maximum Gasteiger partial charge on any atom is 0.292 e. The predicted octanol–water partition coefficient (Wildman–Crippen LogP) is 3.94. The quantitative estimate of drug-likeness (QED) is 0.764. The highest BCUT2D eigenvalue weighted by molar-refractivity contribution is 5.91. The highest BCUT2D eigenvalue weighted by Gasteiger charge is 2.33. The molecule has 0 spiro atoms. The van der Waals surface area contributed by atoms with Gasteiger partial charge in [-0.1, -0.05) is 61.5 Å². The lowest BCUT2D eigenvalue weighted by molar-refractivity contribution is 0.0354. The van der Waals surface area contributed by atoms with Gasteiger partial charge in [-0.05, 0) is 28.7 Å². The van der Waals surface area contributed by atoms with Gasteiger partial charge < -0.3 is 14.5 Å². The smallest absolute Gasteiger partial charge is 0.292 e. The van der Waals surface area contributed by atoms with E-state index < -0.39 is 6.10 Å². The molecular weight excluding hydrogens is 340 g/mol. The van der Waals surface area contributed by atoms with E-state index >= 15 is 0 Å². The lowest BCUT2D eigenvalue weighted by Gasteiger charge is -2.35. The van der Waals surface area contributed by atoms with Gasteiger partial charge in [-0.15, -0.1) is 0 Å². The molecule has 3 aromatic rings. The van der Waals surface area contributed by atoms with Crippen molar-refractivity contribution in [3.05, 3.63) is 65.5 Å². The molecule has 140 valence electrons. The van der Waals surface area contributed by atoms with Gasteiger partial charge in [0.2, 0.25) is 5.76 Å². The molecule has 2 atom stereocenters. The first-order valence-corrected chi connectivity index (χ1v) is 9.45. The van der Waals surface area contributed by atoms with E-state index in [0.29, 0.717) is 13.1 Å². The Bertz CT molecular complexity index is 963. The number of amides is 1. The van der Waals surface area contributed by atoms with Crippen LogP contribution < -0.4 is 0 Å². The molecule has 1 N–H and O–H groups in total. The average molecular weight is 364 g/mol. The molecule has 5 heteroatoms. The normalized spacial score (nSPS) is 20.4. The number of aliphatic hydroxyl groups excluding tert-OH is 1. The third-order valence-corrected chi connectivity index (χ3v) is 5.40. The third-order valence-electron chi connectivity index (χ3n) is 5.40. The molecule has 1 amide bonds. The maximum absolute atomic E-state index is 12.7. The van der Waals surface area contributed by atoms with Crippen LogP contribution in [-0.4, -0.2) is 40.3 Å². The second kappa shape index (κ2) is 7.16. The van der Waals surface area contributed by atoms with Gasteiger partial charge in [0.15, 0.2) is 0 Å². The van der Waals surface area contributed by atoms with Gasteiger partial charge in [0.1, 0.15) is 0 Å². The Hall–Kier alpha value is -2.66. The van der Waals surface area contributed by atoms with Crippen LogP contribution in [0.2, 0.25) is 0 Å². The van der Waals surface area contributed by atoms with E-state index in [1.807, 2.05) is 26.0 Å². The van der Waals surface area contributed by atoms with Gasteiger partial charge in [-0.2, -0.15) is 0 Å². The minimum Gasteiger partial charge on any atom is -0.391 e. The predicted molar refractivity (Wildman–Crippen MR) is 104 cm³/mol. The number of benzene rings is 2. The van der Waals surface area contributed by atoms with Crippen molar-refractivity contribution in [1.82, 2.24) is 10.1 Å². The Labute approximate surface area is 158 Å². The second-order valence-corrected chi connectivity index (χ2v) is 7.59. The number of β-amino-alcohol motifs (C(OH)–C–C–N with tert-alkyl or cyclic N) is 1. The number of likely N-dealkylation sites (tertiary alicyclic amines) is 1. The Morgan fingerprint density at radius 1 is 1.19 bits per heavy atom. The van der Waals surface area contributed by atoms with Crippen LogP contribution in [0, 0.1) is 0 Å². The Morgan fingerprint density at radius 3 is 2.67 bits per heavy atom. The van der Waals surface area contributed by atoms with Crippen molar-refractivity contribution in [2.45, 2.75) is 38.2 Å². The summed E-state index contributed by atoms with van der Waals surface area (Å²) >= 11 is 0. The maximum atomic E-state index is 12.7. The van der Waals surface area contributed by atoms with Crippen molar-refractivity contribution in [3.63, 3.8) is 0 Å². The largest absolute Gasteiger partial charge is 0.391 e. The van der Waals surface area contributed by atoms with Crippen molar-refractivity contribution >= 4 is 16.7 Å². The van der Waals surface area contributed by atoms with Crippen LogP contribution in [0.25, 0.3) is 10.8 Å². The van der Waals surface area contributed by atoms with Crippen molar-refractivity contribution in [2.75, 3.05) is 13.1 Å². The number of carbonyl (C=O) groups excluding carboxylic acids is 1. The lowest BCUT2D eigenvalue weighted by atomic mass is 9.86. The first kappa shape index (κ1) is 17.7. The van der Waals surface area contributed by atoms with Crippen molar-refractivity contribution in [2.24, 2.45) is 0 Å². The molecule has 1 aliphatic heterocycles. The van der Waals surface area contributed by atoms with Crippen LogP contribution in [0.15, 0.2) is 53.1 Å². The molecule has 0 radical (unpaired) electrons. The fourth-order valence-corrected chi connectivity index (χ4v) is 3.76. The zero-order valence-corrected chi connectivity index (χ0v) is 15.6. The molecule has 2 aromatic carbocycles. The van der Waals surface area contributed by atoms with E-state index in [-0.39, 0.29) is 23.5 Å². The van der Waals surface area contributed by atoms with E-state index in [0.717, 1.165) is 17.7 Å². The zero-order chi connectivity index (χ0) is 19.0. The summed E-state index contributed by atoms with van der Waals surface area (Å²) in [6.45, 7) is 4.90. The Kier molecular flexibility index (Phi) is 4.70. The third kappa shape index (κ3) is 3.47. The van der Waals surface area contributed by atoms with Crippen molar-refractivity contribution in [1.29, 1.82) is 0 Å². The van der Waals surface area contributed by atoms with Gasteiger partial charge in [0.25, 0.3) is 5.91 Å². The van der Waals surface area contributed by atoms with Crippen LogP contribution in [0.4, 0.5) is 0 Å². The van der Waals surface area contributed by atoms with E-state index in [2.05, 4.69) is 35.5 Å². The minimum absolute atomic E-state index is 0.0274. The molecule has 4 rings (SSSR count). The first-order chi connectivity index (χ1) is 13.0. The summed E-state index contributed by atoms with van der Waals surface area (Å²) < 4.78 is 5.21. The Morgan fingerprint density at radius 2 is 1.96 bits per heavy atom. The standard InChI is InChI=1S/C22H24N2O3/c1-14(2)19-12-21(27-23-19)22(26)24-10-9-18(20(25)13-24)17-8-7-15-5-3-4-6-16(15)11-17/h3-8,11-12,14,18,20,25H,9-10,13H2,1-2H3/t18-,20+/m1/s1. The van der Waals surface area contributed by atoms with Gasteiger partial charge in [0, 0.05) is 25.1 Å². The van der Waals surface area contributed by atoms with Gasteiger partial charge in [0.05, 0.1) is 11.8 Å². The van der Waals surface area contributed by atoms with Crippen LogP contribution in [0.3, 0.4) is 0 Å². The van der Waals surface area contributed by atoms with Crippen LogP contribution in [-0.2, 0) is 0 Å². The number of aliphatic hydroxyl groups is 1. The summed E-state index contributed by atoms with van der Waals surface area (Å²) in [5, 5.41) is 17.0. The number of rotatable bonds is 3. The molecule has 0 unspecified atom stereocenters. The fourth-order valence-electron chi connectivity index (χ4n) is 3.76. The van der Waals surface area contributed by atoms with Gasteiger partial charge >= 0.3 is 0 Å². The van der Waals surface area contributed by atoms with Crippen molar-refractivity contribution in [3.8, 4) is 0 Å². The second-order valence-electron chi connectivity index (χ2n) is 7.59. The number of carbonyl (C=O) groups is 1. The minimum atomic E-state index is -0.601. The first-order valence-electron chi connectivity index (χ1n) is 9.45. The number of hydrogen-bond donors (Lipinski definition) is 1. The van der Waals surface area contributed by atoms with Gasteiger partial charge in [-0.3, -0.25) is 4.79 Å². The summed E-state index contributed by atoms with van der Waals surface area (Å²) in [5.41, 5.74) is 1.89. The van der Waals surface area contributed by atoms with E-state index in [4.69, 9.17) is 4.52 Å². The summed E-state index contributed by atoms with van der Waals surface area (Å²) in [4.78, 5) is 14.3. The molecule has 27 heavy (non-hydrogen) atoms. The molecule has 2 heterocycles. The number of nitrogens with zero attached hydrogens (tertiary/aromatic N) is 2. The average Bonchev–Trinajstić information content (AvgIpc) is 3.17. The number of piperidine rings is 1. The number of hydrogen-bond acceptors (Lipinski definition) is 4. The summed E-state index contributed by atoms with van der Waals surface area (Å²) in [6, 6.07) is 16.2. The molecule has 1 aromatic heterocycles. The lowest BCUT2D eigenvalue weighted by Crippen LogP contribution is -2.45. The summed E-state index contributed by atoms with van der Waals surface area (Å²) in [5.74, 6) is 0.277. The van der Waals surface area contributed by atoms with Gasteiger partial charge in [-0.25, -0.2) is 0 Å². The molecule has 5 nitrogen and oxygen atoms in total. The molecule has 1 fully saturated rings. The van der Waals surface area contributed by atoms with Crippen LogP contribution in [0.1, 0.15) is 53.9 Å². The zero-order valence-electron chi connectivity index (χ0n) is 15.6. The fraction of sp³-hybridized carbons (Fsp3) is 0.364. The highest BCUT2D eigenvalue weighted by Crippen LogP contribution is 2.31. The Balaban J connectivity index is 1.48. The monoisotopic (exact) mass is 364 g/mol. The van der Waals surface area contributed by atoms with Crippen molar-refractivity contribution < 1.29 is 14.4 Å². The topological polar surface area (TPSA) is 66.6 Å². The molecular formula is C22H24N2O3. The molecule has 1 saturated heterocycles. The SMILES string of the molecule is CC(C)c1cc(C(=O)N2CC[C@H](c3ccc4ccccc4c3)[C@@H](O)C2)on1. The molecule has 1 aliphatic rings. The van der Waals surface area contributed by atoms with E-state index in [9.17, 15) is 9.90 Å². The highest BCUT2D eigenvalue weighted by atomic mass is 16.5. The van der Waals surface area contributed by atoms with Crippen LogP contribution in [0.5, 0.6) is 0 Å². The molecule has 0 saturated carbocycles. The van der Waals surface area contributed by atoms with E-state index in [1.165, 1.54) is 10.8 Å². The van der Waals surface area contributed by atoms with Crippen LogP contribution >= 0.6 is 0 Å². The number of fused-ring (bicyclic) bond motifs is 1. The molecule has 0 bridgehead atoms.